The smallest absolute Gasteiger partial charge is 0.314 e. The third-order valence-corrected chi connectivity index (χ3v) is 3.63. The second-order valence-corrected chi connectivity index (χ2v) is 5.24. The Morgan fingerprint density at radius 3 is 2.61 bits per heavy atom. The Balaban J connectivity index is 2.12. The molecule has 1 heterocycles. The number of carboxylic acid groups (broad SMARTS) is 1. The van der Waals surface area contributed by atoms with Gasteiger partial charge in [-0.3, -0.25) is 9.48 Å². The van der Waals surface area contributed by atoms with Gasteiger partial charge in [0, 0.05) is 6.20 Å². The molecule has 2 rings (SSSR count). The molecule has 0 saturated carbocycles. The highest BCUT2D eigenvalue weighted by Gasteiger charge is 2.22. The van der Waals surface area contributed by atoms with Gasteiger partial charge in [0.05, 0.1) is 24.8 Å². The number of rotatable bonds is 7. The van der Waals surface area contributed by atoms with Crippen LogP contribution in [0, 0.1) is 5.92 Å². The van der Waals surface area contributed by atoms with Crippen LogP contribution in [0.1, 0.15) is 31.0 Å². The average Bonchev–Trinajstić information content (AvgIpc) is 3.01. The molecule has 122 valence electrons. The molecule has 0 aliphatic carbocycles. The number of aromatic nitrogens is 2. The van der Waals surface area contributed by atoms with Crippen molar-refractivity contribution in [3.05, 3.63) is 53.9 Å². The van der Waals surface area contributed by atoms with Crippen molar-refractivity contribution in [3.8, 4) is 0 Å². The number of hydrogen-bond acceptors (Lipinski definition) is 5. The van der Waals surface area contributed by atoms with Gasteiger partial charge in [-0.15, -0.1) is 0 Å². The first-order chi connectivity index (χ1) is 11.0. The summed E-state index contributed by atoms with van der Waals surface area (Å²) in [6.07, 6.45) is 3.31. The fraction of sp³-hybridized carbons (Fsp3) is 0.353. The summed E-state index contributed by atoms with van der Waals surface area (Å²) in [6.45, 7) is 3.75. The van der Waals surface area contributed by atoms with Gasteiger partial charge in [0.1, 0.15) is 5.92 Å². The zero-order valence-electron chi connectivity index (χ0n) is 13.1. The lowest BCUT2D eigenvalue weighted by Crippen LogP contribution is -2.38. The van der Waals surface area contributed by atoms with E-state index in [1.807, 2.05) is 37.3 Å². The number of carbonyl (C=O) groups is 2. The molecule has 0 aliphatic heterocycles. The molecule has 0 spiro atoms. The van der Waals surface area contributed by atoms with Crippen LogP contribution < -0.4 is 5.11 Å². The molecule has 6 heteroatoms. The molecule has 0 fully saturated rings. The van der Waals surface area contributed by atoms with Crippen molar-refractivity contribution in [2.75, 3.05) is 6.61 Å². The molecule has 23 heavy (non-hydrogen) atoms. The number of ether oxygens (including phenoxy) is 1. The summed E-state index contributed by atoms with van der Waals surface area (Å²) >= 11 is 0. The standard InChI is InChI=1S/C17H20N2O4/c1-3-23-17(22)15(16(20)21)9-13-10-18-19(11-13)12(2)14-7-5-4-6-8-14/h4-8,10-12,15H,3,9H2,1-2H3,(H,20,21)/p-1. The molecule has 1 aromatic heterocycles. The third kappa shape index (κ3) is 4.18. The minimum atomic E-state index is -1.44. The van der Waals surface area contributed by atoms with Crippen molar-refractivity contribution in [1.82, 2.24) is 9.78 Å². The SMILES string of the molecule is CCOC(=O)C(Cc1cnn(C(C)c2ccccc2)c1)C(=O)[O-]. The zero-order chi connectivity index (χ0) is 16.8. The van der Waals surface area contributed by atoms with E-state index in [1.54, 1.807) is 24.0 Å². The lowest BCUT2D eigenvalue weighted by Gasteiger charge is -2.15. The Morgan fingerprint density at radius 2 is 2.00 bits per heavy atom. The van der Waals surface area contributed by atoms with Gasteiger partial charge in [0.25, 0.3) is 0 Å². The van der Waals surface area contributed by atoms with Crippen LogP contribution in [0.2, 0.25) is 0 Å². The number of esters is 1. The van der Waals surface area contributed by atoms with Gasteiger partial charge in [-0.25, -0.2) is 0 Å². The Morgan fingerprint density at radius 1 is 1.30 bits per heavy atom. The van der Waals surface area contributed by atoms with Gasteiger partial charge in [-0.2, -0.15) is 5.10 Å². The average molecular weight is 315 g/mol. The van der Waals surface area contributed by atoms with Crippen molar-refractivity contribution in [3.63, 3.8) is 0 Å². The van der Waals surface area contributed by atoms with Crippen LogP contribution in [0.5, 0.6) is 0 Å². The molecule has 1 aromatic carbocycles. The van der Waals surface area contributed by atoms with Crippen LogP contribution in [0.4, 0.5) is 0 Å². The Labute approximate surface area is 134 Å². The van der Waals surface area contributed by atoms with E-state index in [2.05, 4.69) is 5.10 Å². The van der Waals surface area contributed by atoms with Gasteiger partial charge < -0.3 is 14.6 Å². The predicted octanol–water partition coefficient (Wildman–Crippen LogP) is 0.964. The van der Waals surface area contributed by atoms with Crippen molar-refractivity contribution >= 4 is 11.9 Å². The van der Waals surface area contributed by atoms with Crippen molar-refractivity contribution in [1.29, 1.82) is 0 Å². The van der Waals surface area contributed by atoms with Gasteiger partial charge in [-0.1, -0.05) is 30.3 Å². The van der Waals surface area contributed by atoms with Crippen LogP contribution in [0.15, 0.2) is 42.7 Å². The summed E-state index contributed by atoms with van der Waals surface area (Å²) in [6, 6.07) is 9.83. The monoisotopic (exact) mass is 315 g/mol. The van der Waals surface area contributed by atoms with Crippen LogP contribution in [-0.4, -0.2) is 28.3 Å². The summed E-state index contributed by atoms with van der Waals surface area (Å²) < 4.78 is 6.51. The molecule has 0 aliphatic rings. The number of nitrogens with zero attached hydrogens (tertiary/aromatic N) is 2. The Hall–Kier alpha value is -2.63. The molecule has 2 aromatic rings. The van der Waals surface area contributed by atoms with E-state index in [1.165, 1.54) is 0 Å². The van der Waals surface area contributed by atoms with Crippen molar-refractivity contribution < 1.29 is 19.4 Å². The van der Waals surface area contributed by atoms with Gasteiger partial charge >= 0.3 is 5.97 Å². The van der Waals surface area contributed by atoms with E-state index in [4.69, 9.17) is 4.74 Å². The maximum absolute atomic E-state index is 11.7. The summed E-state index contributed by atoms with van der Waals surface area (Å²) in [5.74, 6) is -3.54. The minimum Gasteiger partial charge on any atom is -0.549 e. The normalized spacial score (nSPS) is 13.3. The number of benzene rings is 1. The lowest BCUT2D eigenvalue weighted by molar-refractivity contribution is -0.310. The maximum atomic E-state index is 11.7. The number of carboxylic acids is 1. The molecule has 0 N–H and O–H groups in total. The zero-order valence-corrected chi connectivity index (χ0v) is 13.1. The number of aliphatic carboxylic acids is 1. The molecule has 0 saturated heterocycles. The Kier molecular flexibility index (Phi) is 5.51. The van der Waals surface area contributed by atoms with Crippen molar-refractivity contribution in [2.45, 2.75) is 26.3 Å². The molecule has 0 amide bonds. The number of carbonyl (C=O) groups excluding carboxylic acids is 2. The molecule has 6 nitrogen and oxygen atoms in total. The molecular weight excluding hydrogens is 296 g/mol. The molecule has 2 unspecified atom stereocenters. The molecular formula is C17H19N2O4-. The molecule has 0 radical (unpaired) electrons. The van der Waals surface area contributed by atoms with Crippen molar-refractivity contribution in [2.24, 2.45) is 5.92 Å². The molecule has 2 atom stereocenters. The van der Waals surface area contributed by atoms with E-state index in [0.29, 0.717) is 5.56 Å². The second kappa shape index (κ2) is 7.58. The fourth-order valence-corrected chi connectivity index (χ4v) is 2.32. The van der Waals surface area contributed by atoms with E-state index >= 15 is 0 Å². The van der Waals surface area contributed by atoms with Crippen LogP contribution in [-0.2, 0) is 20.7 Å². The quantitative estimate of drug-likeness (QED) is 0.561. The largest absolute Gasteiger partial charge is 0.549 e. The van der Waals surface area contributed by atoms with Crippen LogP contribution >= 0.6 is 0 Å². The van der Waals surface area contributed by atoms with Gasteiger partial charge in [-0.05, 0) is 31.4 Å². The second-order valence-electron chi connectivity index (χ2n) is 5.24. The van der Waals surface area contributed by atoms with Gasteiger partial charge in [0.2, 0.25) is 0 Å². The summed E-state index contributed by atoms with van der Waals surface area (Å²) in [5, 5.41) is 15.4. The maximum Gasteiger partial charge on any atom is 0.314 e. The minimum absolute atomic E-state index is 0.00266. The highest BCUT2D eigenvalue weighted by atomic mass is 16.5. The molecule has 0 bridgehead atoms. The number of hydrogen-bond donors (Lipinski definition) is 0. The highest BCUT2D eigenvalue weighted by Crippen LogP contribution is 2.18. The first kappa shape index (κ1) is 16.7. The van der Waals surface area contributed by atoms with Gasteiger partial charge in [0.15, 0.2) is 0 Å². The van der Waals surface area contributed by atoms with Crippen LogP contribution in [0.25, 0.3) is 0 Å². The van der Waals surface area contributed by atoms with E-state index in [-0.39, 0.29) is 19.1 Å². The lowest BCUT2D eigenvalue weighted by atomic mass is 10.0. The third-order valence-electron chi connectivity index (χ3n) is 3.63. The van der Waals surface area contributed by atoms with E-state index in [9.17, 15) is 14.7 Å². The summed E-state index contributed by atoms with van der Waals surface area (Å²) in [7, 11) is 0. The first-order valence-corrected chi connectivity index (χ1v) is 7.48. The van der Waals surface area contributed by atoms with E-state index in [0.717, 1.165) is 5.56 Å². The van der Waals surface area contributed by atoms with Crippen LogP contribution in [0.3, 0.4) is 0 Å². The van der Waals surface area contributed by atoms with E-state index < -0.39 is 17.9 Å². The Bertz CT molecular complexity index is 666. The predicted molar refractivity (Wildman–Crippen MR) is 81.3 cm³/mol. The summed E-state index contributed by atoms with van der Waals surface area (Å²) in [5.41, 5.74) is 1.74. The highest BCUT2D eigenvalue weighted by molar-refractivity contribution is 5.93. The summed E-state index contributed by atoms with van der Waals surface area (Å²) in [4.78, 5) is 22.8. The topological polar surface area (TPSA) is 84.2 Å². The first-order valence-electron chi connectivity index (χ1n) is 7.48. The fourth-order valence-electron chi connectivity index (χ4n) is 2.32.